The molecule has 23 heavy (non-hydrogen) atoms. The third kappa shape index (κ3) is 5.16. The molecule has 0 unspecified atom stereocenters. The second-order valence-electron chi connectivity index (χ2n) is 6.95. The first-order valence-corrected chi connectivity index (χ1v) is 8.65. The van der Waals surface area contributed by atoms with Crippen LogP contribution in [0.3, 0.4) is 0 Å². The lowest BCUT2D eigenvalue weighted by Gasteiger charge is -2.38. The lowest BCUT2D eigenvalue weighted by atomic mass is 9.92. The van der Waals surface area contributed by atoms with Crippen molar-refractivity contribution in [3.8, 4) is 0 Å². The van der Waals surface area contributed by atoms with Gasteiger partial charge in [0.1, 0.15) is 5.60 Å². The maximum absolute atomic E-state index is 12.5. The maximum atomic E-state index is 12.5. The molecule has 0 saturated carbocycles. The molecule has 0 spiro atoms. The molecule has 1 saturated heterocycles. The summed E-state index contributed by atoms with van der Waals surface area (Å²) in [5.41, 5.74) is -0.169. The van der Waals surface area contributed by atoms with Crippen LogP contribution in [0.4, 0.5) is 4.79 Å². The molecule has 1 N–H and O–H groups in total. The largest absolute Gasteiger partial charge is 0.444 e. The van der Waals surface area contributed by atoms with Crippen LogP contribution in [-0.2, 0) is 4.74 Å². The Morgan fingerprint density at radius 1 is 1.48 bits per heavy atom. The molecule has 1 aliphatic heterocycles. The average Bonchev–Trinajstić information content (AvgIpc) is 2.97. The van der Waals surface area contributed by atoms with Crippen molar-refractivity contribution in [3.05, 3.63) is 11.1 Å². The van der Waals surface area contributed by atoms with Crippen LogP contribution in [0.5, 0.6) is 0 Å². The standard InChI is InChI=1S/C15H24N4O3S/c1-10-5-6-19(13(20)12-9-23-18-17-12)11(7-10)8-16-14(21)22-15(2,3)4/h9-11H,5-8H2,1-4H3,(H,16,21)/t10-,11-/m1/s1. The number of aromatic nitrogens is 2. The van der Waals surface area contributed by atoms with Crippen LogP contribution < -0.4 is 5.32 Å². The number of ether oxygens (including phenoxy) is 1. The summed E-state index contributed by atoms with van der Waals surface area (Å²) in [6.07, 6.45) is 1.34. The molecule has 0 aromatic carbocycles. The second-order valence-corrected chi connectivity index (χ2v) is 7.56. The molecule has 8 heteroatoms. The van der Waals surface area contributed by atoms with Gasteiger partial charge in [0, 0.05) is 24.5 Å². The van der Waals surface area contributed by atoms with E-state index in [0.717, 1.165) is 24.4 Å². The summed E-state index contributed by atoms with van der Waals surface area (Å²) in [5.74, 6) is 0.389. The first kappa shape index (κ1) is 17.7. The third-order valence-corrected chi connectivity index (χ3v) is 4.20. The van der Waals surface area contributed by atoms with E-state index in [-0.39, 0.29) is 11.9 Å². The van der Waals surface area contributed by atoms with E-state index in [1.54, 1.807) is 10.3 Å². The summed E-state index contributed by atoms with van der Waals surface area (Å²) in [5, 5.41) is 8.28. The molecule has 1 aromatic heterocycles. The van der Waals surface area contributed by atoms with Gasteiger partial charge in [-0.05, 0) is 51.1 Å². The van der Waals surface area contributed by atoms with Gasteiger partial charge < -0.3 is 15.0 Å². The van der Waals surface area contributed by atoms with Crippen LogP contribution in [0.25, 0.3) is 0 Å². The molecule has 0 bridgehead atoms. The van der Waals surface area contributed by atoms with Gasteiger partial charge in [0.2, 0.25) is 0 Å². The monoisotopic (exact) mass is 340 g/mol. The molecular formula is C15H24N4O3S. The van der Waals surface area contributed by atoms with Crippen LogP contribution in [0.2, 0.25) is 0 Å². The predicted octanol–water partition coefficient (Wildman–Crippen LogP) is 2.30. The van der Waals surface area contributed by atoms with Crippen molar-refractivity contribution in [2.24, 2.45) is 5.92 Å². The molecule has 1 fully saturated rings. The Bertz CT molecular complexity index is 541. The molecular weight excluding hydrogens is 316 g/mol. The van der Waals surface area contributed by atoms with Gasteiger partial charge in [-0.3, -0.25) is 4.79 Å². The summed E-state index contributed by atoms with van der Waals surface area (Å²) in [4.78, 5) is 26.2. The number of piperidine rings is 1. The van der Waals surface area contributed by atoms with Crippen molar-refractivity contribution in [2.75, 3.05) is 13.1 Å². The maximum Gasteiger partial charge on any atom is 0.407 e. The number of likely N-dealkylation sites (tertiary alicyclic amines) is 1. The topological polar surface area (TPSA) is 84.4 Å². The number of nitrogens with one attached hydrogen (secondary N) is 1. The lowest BCUT2D eigenvalue weighted by Crippen LogP contribution is -2.51. The fourth-order valence-electron chi connectivity index (χ4n) is 2.63. The van der Waals surface area contributed by atoms with Gasteiger partial charge in [0.15, 0.2) is 5.69 Å². The van der Waals surface area contributed by atoms with Crippen molar-refractivity contribution in [1.82, 2.24) is 19.8 Å². The number of nitrogens with zero attached hydrogens (tertiary/aromatic N) is 3. The van der Waals surface area contributed by atoms with E-state index in [0.29, 0.717) is 24.7 Å². The van der Waals surface area contributed by atoms with Crippen molar-refractivity contribution in [3.63, 3.8) is 0 Å². The number of carbonyl (C=O) groups excluding carboxylic acids is 2. The second kappa shape index (κ2) is 7.25. The smallest absolute Gasteiger partial charge is 0.407 e. The fourth-order valence-corrected chi connectivity index (χ4v) is 3.06. The minimum Gasteiger partial charge on any atom is -0.444 e. The first-order valence-electron chi connectivity index (χ1n) is 7.81. The molecule has 2 rings (SSSR count). The zero-order valence-electron chi connectivity index (χ0n) is 14.0. The quantitative estimate of drug-likeness (QED) is 0.913. The third-order valence-electron chi connectivity index (χ3n) is 3.70. The number of hydrogen-bond acceptors (Lipinski definition) is 6. The van der Waals surface area contributed by atoms with E-state index in [4.69, 9.17) is 4.74 Å². The Hall–Kier alpha value is -1.70. The van der Waals surface area contributed by atoms with E-state index >= 15 is 0 Å². The fraction of sp³-hybridized carbons (Fsp3) is 0.733. The Morgan fingerprint density at radius 3 is 2.83 bits per heavy atom. The molecule has 2 heterocycles. The number of rotatable bonds is 3. The molecule has 0 radical (unpaired) electrons. The Morgan fingerprint density at radius 2 is 2.22 bits per heavy atom. The van der Waals surface area contributed by atoms with Crippen LogP contribution in [0, 0.1) is 5.92 Å². The summed E-state index contributed by atoms with van der Waals surface area (Å²) >= 11 is 1.16. The Balaban J connectivity index is 1.98. The highest BCUT2D eigenvalue weighted by molar-refractivity contribution is 7.03. The number of carbonyl (C=O) groups is 2. The highest BCUT2D eigenvalue weighted by Crippen LogP contribution is 2.24. The van der Waals surface area contributed by atoms with Crippen LogP contribution in [0.15, 0.2) is 5.38 Å². The summed E-state index contributed by atoms with van der Waals surface area (Å²) in [6, 6.07) is -0.0551. The molecule has 2 atom stereocenters. The van der Waals surface area contributed by atoms with Crippen molar-refractivity contribution in [2.45, 2.75) is 52.2 Å². The minimum absolute atomic E-state index is 0.0551. The lowest BCUT2D eigenvalue weighted by molar-refractivity contribution is 0.0434. The van der Waals surface area contributed by atoms with E-state index in [9.17, 15) is 9.59 Å². The van der Waals surface area contributed by atoms with E-state index in [1.807, 2.05) is 20.8 Å². The summed E-state index contributed by atoms with van der Waals surface area (Å²) in [6.45, 7) is 8.66. The highest BCUT2D eigenvalue weighted by Gasteiger charge is 2.32. The van der Waals surface area contributed by atoms with Crippen LogP contribution in [0.1, 0.15) is 51.0 Å². The van der Waals surface area contributed by atoms with Gasteiger partial charge in [0.05, 0.1) is 0 Å². The van der Waals surface area contributed by atoms with E-state index in [1.165, 1.54) is 0 Å². The zero-order chi connectivity index (χ0) is 17.0. The van der Waals surface area contributed by atoms with Gasteiger partial charge in [0.25, 0.3) is 5.91 Å². The van der Waals surface area contributed by atoms with Gasteiger partial charge in [-0.1, -0.05) is 11.4 Å². The predicted molar refractivity (Wildman–Crippen MR) is 87.4 cm³/mol. The molecule has 1 aromatic rings. The van der Waals surface area contributed by atoms with Crippen LogP contribution in [-0.4, -0.2) is 51.2 Å². The van der Waals surface area contributed by atoms with Crippen molar-refractivity contribution >= 4 is 23.5 Å². The van der Waals surface area contributed by atoms with Gasteiger partial charge in [-0.15, -0.1) is 5.10 Å². The molecule has 0 aliphatic carbocycles. The molecule has 1 aliphatic rings. The van der Waals surface area contributed by atoms with Crippen molar-refractivity contribution in [1.29, 1.82) is 0 Å². The van der Waals surface area contributed by atoms with E-state index in [2.05, 4.69) is 21.8 Å². The van der Waals surface area contributed by atoms with E-state index < -0.39 is 11.7 Å². The molecule has 7 nitrogen and oxygen atoms in total. The van der Waals surface area contributed by atoms with Gasteiger partial charge >= 0.3 is 6.09 Å². The summed E-state index contributed by atoms with van der Waals surface area (Å²) < 4.78 is 9.00. The SMILES string of the molecule is C[C@@H]1CCN(C(=O)c2csnn2)[C@@H](CNC(=O)OC(C)(C)C)C1. The number of amides is 2. The van der Waals surface area contributed by atoms with Crippen LogP contribution >= 0.6 is 11.5 Å². The highest BCUT2D eigenvalue weighted by atomic mass is 32.1. The number of hydrogen-bond donors (Lipinski definition) is 1. The minimum atomic E-state index is -0.536. The molecule has 2 amide bonds. The van der Waals surface area contributed by atoms with Crippen molar-refractivity contribution < 1.29 is 14.3 Å². The van der Waals surface area contributed by atoms with Gasteiger partial charge in [-0.2, -0.15) is 0 Å². The van der Waals surface area contributed by atoms with Gasteiger partial charge in [-0.25, -0.2) is 4.79 Å². The normalized spacial score (nSPS) is 21.8. The Labute approximate surface area is 140 Å². The first-order chi connectivity index (χ1) is 10.8. The average molecular weight is 340 g/mol. The summed E-state index contributed by atoms with van der Waals surface area (Å²) in [7, 11) is 0. The molecule has 128 valence electrons. The Kier molecular flexibility index (Phi) is 5.56. The zero-order valence-corrected chi connectivity index (χ0v) is 14.9. The number of alkyl carbamates (subject to hydrolysis) is 1.